The first-order chi connectivity index (χ1) is 8.04. The lowest BCUT2D eigenvalue weighted by Crippen LogP contribution is -2.36. The zero-order valence-corrected chi connectivity index (χ0v) is 13.0. The maximum atomic E-state index is 5.46. The molecular formula is C12H29NO3Si. The SMILES string of the molecule is CO[Si](C)(CCCNCCCOC(C)C)OC. The van der Waals surface area contributed by atoms with E-state index in [1.165, 1.54) is 0 Å². The van der Waals surface area contributed by atoms with Gasteiger partial charge in [-0.3, -0.25) is 0 Å². The van der Waals surface area contributed by atoms with Gasteiger partial charge in [0.05, 0.1) is 6.10 Å². The Labute approximate surface area is 107 Å². The minimum atomic E-state index is -1.85. The fourth-order valence-electron chi connectivity index (χ4n) is 1.46. The number of nitrogens with one attached hydrogen (secondary N) is 1. The largest absolute Gasteiger partial charge is 0.398 e. The molecule has 0 fully saturated rings. The summed E-state index contributed by atoms with van der Waals surface area (Å²) in [6, 6.07) is 1.04. The normalized spacial score (nSPS) is 12.4. The third-order valence-electron chi connectivity index (χ3n) is 2.80. The van der Waals surface area contributed by atoms with Gasteiger partial charge in [0, 0.05) is 20.8 Å². The zero-order chi connectivity index (χ0) is 13.1. The van der Waals surface area contributed by atoms with Crippen molar-refractivity contribution in [1.29, 1.82) is 0 Å². The highest BCUT2D eigenvalue weighted by Gasteiger charge is 2.27. The van der Waals surface area contributed by atoms with E-state index in [1.807, 2.05) is 0 Å². The number of hydrogen-bond donors (Lipinski definition) is 1. The lowest BCUT2D eigenvalue weighted by atomic mass is 10.4. The van der Waals surface area contributed by atoms with Gasteiger partial charge in [0.2, 0.25) is 0 Å². The standard InChI is InChI=1S/C12H29NO3Si/c1-12(2)16-10-6-8-13-9-7-11-17(5,14-3)15-4/h12-13H,6-11H2,1-5H3. The fourth-order valence-corrected chi connectivity index (χ4v) is 2.86. The quantitative estimate of drug-likeness (QED) is 0.458. The van der Waals surface area contributed by atoms with Crippen molar-refractivity contribution in [3.05, 3.63) is 0 Å². The molecule has 0 saturated carbocycles. The Balaban J connectivity index is 3.29. The Morgan fingerprint density at radius 2 is 1.65 bits per heavy atom. The summed E-state index contributed by atoms with van der Waals surface area (Å²) in [5.41, 5.74) is 0. The van der Waals surface area contributed by atoms with Crippen molar-refractivity contribution in [2.24, 2.45) is 0 Å². The van der Waals surface area contributed by atoms with Crippen LogP contribution in [0.4, 0.5) is 0 Å². The Bertz CT molecular complexity index is 175. The number of ether oxygens (including phenoxy) is 1. The molecule has 104 valence electrons. The molecule has 0 heterocycles. The molecule has 0 saturated heterocycles. The fraction of sp³-hybridized carbons (Fsp3) is 1.00. The molecule has 0 spiro atoms. The van der Waals surface area contributed by atoms with E-state index in [0.29, 0.717) is 6.10 Å². The summed E-state index contributed by atoms with van der Waals surface area (Å²) in [7, 11) is 1.63. The van der Waals surface area contributed by atoms with Gasteiger partial charge in [0.25, 0.3) is 0 Å². The Kier molecular flexibility index (Phi) is 10.1. The van der Waals surface area contributed by atoms with E-state index in [9.17, 15) is 0 Å². The minimum absolute atomic E-state index is 0.338. The monoisotopic (exact) mass is 263 g/mol. The van der Waals surface area contributed by atoms with E-state index >= 15 is 0 Å². The van der Waals surface area contributed by atoms with Crippen molar-refractivity contribution in [2.45, 2.75) is 45.4 Å². The van der Waals surface area contributed by atoms with Gasteiger partial charge < -0.3 is 18.9 Å². The van der Waals surface area contributed by atoms with Crippen LogP contribution < -0.4 is 5.32 Å². The molecule has 0 unspecified atom stereocenters. The zero-order valence-electron chi connectivity index (χ0n) is 12.0. The molecule has 0 aliphatic heterocycles. The lowest BCUT2D eigenvalue weighted by Gasteiger charge is -2.22. The highest BCUT2D eigenvalue weighted by Crippen LogP contribution is 2.12. The second-order valence-electron chi connectivity index (χ2n) is 4.67. The maximum absolute atomic E-state index is 5.46. The van der Waals surface area contributed by atoms with Gasteiger partial charge in [-0.1, -0.05) is 0 Å². The first-order valence-electron chi connectivity index (χ1n) is 6.46. The predicted molar refractivity (Wildman–Crippen MR) is 73.6 cm³/mol. The van der Waals surface area contributed by atoms with Crippen LogP contribution in [0.1, 0.15) is 26.7 Å². The molecule has 0 aromatic carbocycles. The van der Waals surface area contributed by atoms with Crippen LogP contribution in [-0.4, -0.2) is 48.6 Å². The van der Waals surface area contributed by atoms with Crippen LogP contribution in [-0.2, 0) is 13.6 Å². The summed E-state index contributed by atoms with van der Waals surface area (Å²) >= 11 is 0. The van der Waals surface area contributed by atoms with Gasteiger partial charge in [-0.25, -0.2) is 0 Å². The maximum Gasteiger partial charge on any atom is 0.334 e. The summed E-state index contributed by atoms with van der Waals surface area (Å²) in [4.78, 5) is 0. The number of rotatable bonds is 11. The van der Waals surface area contributed by atoms with Gasteiger partial charge in [-0.05, 0) is 52.4 Å². The Morgan fingerprint density at radius 1 is 1.06 bits per heavy atom. The van der Waals surface area contributed by atoms with Crippen molar-refractivity contribution in [3.8, 4) is 0 Å². The summed E-state index contributed by atoms with van der Waals surface area (Å²) in [6.45, 7) is 9.11. The van der Waals surface area contributed by atoms with Gasteiger partial charge in [0.15, 0.2) is 0 Å². The van der Waals surface area contributed by atoms with E-state index in [4.69, 9.17) is 13.6 Å². The second-order valence-corrected chi connectivity index (χ2v) is 8.25. The van der Waals surface area contributed by atoms with Crippen LogP contribution in [0.5, 0.6) is 0 Å². The van der Waals surface area contributed by atoms with Crippen molar-refractivity contribution in [1.82, 2.24) is 5.32 Å². The molecule has 0 radical (unpaired) electrons. The minimum Gasteiger partial charge on any atom is -0.398 e. The molecule has 0 amide bonds. The van der Waals surface area contributed by atoms with Crippen molar-refractivity contribution >= 4 is 8.56 Å². The van der Waals surface area contributed by atoms with Gasteiger partial charge in [0.1, 0.15) is 0 Å². The second kappa shape index (κ2) is 10.0. The van der Waals surface area contributed by atoms with E-state index in [2.05, 4.69) is 25.7 Å². The number of hydrogen-bond acceptors (Lipinski definition) is 4. The molecule has 4 nitrogen and oxygen atoms in total. The summed E-state index contributed by atoms with van der Waals surface area (Å²) in [5, 5.41) is 3.41. The topological polar surface area (TPSA) is 39.7 Å². The van der Waals surface area contributed by atoms with Crippen LogP contribution in [0.2, 0.25) is 12.6 Å². The van der Waals surface area contributed by atoms with Gasteiger partial charge in [-0.2, -0.15) is 0 Å². The van der Waals surface area contributed by atoms with Crippen LogP contribution >= 0.6 is 0 Å². The molecule has 0 aromatic rings. The van der Waals surface area contributed by atoms with Crippen LogP contribution in [0.25, 0.3) is 0 Å². The van der Waals surface area contributed by atoms with Crippen LogP contribution in [0.3, 0.4) is 0 Å². The highest BCUT2D eigenvalue weighted by atomic mass is 28.4. The molecule has 0 atom stereocenters. The molecular weight excluding hydrogens is 234 g/mol. The predicted octanol–water partition coefficient (Wildman–Crippen LogP) is 2.15. The summed E-state index contributed by atoms with van der Waals surface area (Å²) < 4.78 is 16.3. The molecule has 5 heteroatoms. The van der Waals surface area contributed by atoms with Crippen molar-refractivity contribution in [2.75, 3.05) is 33.9 Å². The molecule has 0 aliphatic carbocycles. The summed E-state index contributed by atoms with van der Waals surface area (Å²) in [5.74, 6) is 0. The molecule has 0 aliphatic rings. The average Bonchev–Trinajstić information content (AvgIpc) is 2.32. The van der Waals surface area contributed by atoms with Gasteiger partial charge >= 0.3 is 8.56 Å². The Morgan fingerprint density at radius 3 is 2.18 bits per heavy atom. The molecule has 17 heavy (non-hydrogen) atoms. The van der Waals surface area contributed by atoms with E-state index < -0.39 is 8.56 Å². The van der Waals surface area contributed by atoms with Crippen LogP contribution in [0, 0.1) is 0 Å². The molecule has 0 bridgehead atoms. The third kappa shape index (κ3) is 9.73. The van der Waals surface area contributed by atoms with E-state index in [-0.39, 0.29) is 0 Å². The van der Waals surface area contributed by atoms with Crippen LogP contribution in [0.15, 0.2) is 0 Å². The van der Waals surface area contributed by atoms with Gasteiger partial charge in [-0.15, -0.1) is 0 Å². The molecule has 1 N–H and O–H groups in total. The van der Waals surface area contributed by atoms with Crippen molar-refractivity contribution < 1.29 is 13.6 Å². The average molecular weight is 263 g/mol. The first kappa shape index (κ1) is 17.1. The Hall–Kier alpha value is 0.0569. The highest BCUT2D eigenvalue weighted by molar-refractivity contribution is 6.65. The van der Waals surface area contributed by atoms with E-state index in [1.54, 1.807) is 14.2 Å². The molecule has 0 aromatic heterocycles. The first-order valence-corrected chi connectivity index (χ1v) is 8.99. The van der Waals surface area contributed by atoms with Crippen molar-refractivity contribution in [3.63, 3.8) is 0 Å². The lowest BCUT2D eigenvalue weighted by molar-refractivity contribution is 0.0771. The summed E-state index contributed by atoms with van der Waals surface area (Å²) in [6.07, 6.45) is 2.52. The smallest absolute Gasteiger partial charge is 0.334 e. The molecule has 0 rings (SSSR count). The van der Waals surface area contributed by atoms with E-state index in [0.717, 1.165) is 38.6 Å². The third-order valence-corrected chi connectivity index (χ3v) is 5.79.